The lowest BCUT2D eigenvalue weighted by atomic mass is 9.90. The van der Waals surface area contributed by atoms with Crippen LogP contribution in [0.15, 0.2) is 61.9 Å². The van der Waals surface area contributed by atoms with E-state index >= 15 is 0 Å². The topological polar surface area (TPSA) is 63.6 Å². The molecule has 22 heavy (non-hydrogen) atoms. The smallest absolute Gasteiger partial charge is 0.282 e. The molecule has 0 spiro atoms. The van der Waals surface area contributed by atoms with Gasteiger partial charge in [0.05, 0.1) is 15.6 Å². The molecule has 0 saturated carbocycles. The Labute approximate surface area is 135 Å². The average Bonchev–Trinajstić information content (AvgIpc) is 2.44. The zero-order valence-corrected chi connectivity index (χ0v) is 14.1. The largest absolute Gasteiger partial charge is 0.290 e. The number of halogens is 1. The number of rotatable bonds is 3. The Balaban J connectivity index is 2.60. The Bertz CT molecular complexity index is 803. The van der Waals surface area contributed by atoms with E-state index in [2.05, 4.69) is 4.40 Å². The van der Waals surface area contributed by atoms with Crippen LogP contribution in [-0.2, 0) is 14.8 Å². The van der Waals surface area contributed by atoms with E-state index in [1.54, 1.807) is 25.1 Å². The number of sulfonamides is 1. The van der Waals surface area contributed by atoms with Crippen molar-refractivity contribution in [3.63, 3.8) is 0 Å². The summed E-state index contributed by atoms with van der Waals surface area (Å²) < 4.78 is 28.6. The summed E-state index contributed by atoms with van der Waals surface area (Å²) in [7, 11) is -3.88. The molecule has 0 atom stereocenters. The zero-order valence-electron chi connectivity index (χ0n) is 12.5. The van der Waals surface area contributed by atoms with Crippen molar-refractivity contribution in [2.75, 3.05) is 0 Å². The Morgan fingerprint density at radius 2 is 1.73 bits per heavy atom. The van der Waals surface area contributed by atoms with Crippen molar-refractivity contribution in [3.05, 3.63) is 52.6 Å². The number of carbonyl (C=O) groups excluding carboxylic acids is 1. The number of benzene rings is 1. The minimum absolute atomic E-state index is 0.0859. The van der Waals surface area contributed by atoms with E-state index in [0.717, 1.165) is 0 Å². The van der Waals surface area contributed by atoms with Crippen LogP contribution in [0, 0.1) is 5.92 Å². The third-order valence-electron chi connectivity index (χ3n) is 3.26. The van der Waals surface area contributed by atoms with Crippen molar-refractivity contribution in [2.24, 2.45) is 10.3 Å². The Morgan fingerprint density at radius 1 is 1.14 bits per heavy atom. The van der Waals surface area contributed by atoms with Crippen molar-refractivity contribution < 1.29 is 13.2 Å². The second-order valence-electron chi connectivity index (χ2n) is 5.30. The first-order valence-corrected chi connectivity index (χ1v) is 8.59. The van der Waals surface area contributed by atoms with Gasteiger partial charge in [-0.15, -0.1) is 0 Å². The monoisotopic (exact) mass is 337 g/mol. The van der Waals surface area contributed by atoms with Crippen molar-refractivity contribution in [1.82, 2.24) is 0 Å². The highest BCUT2D eigenvalue weighted by atomic mass is 35.5. The van der Waals surface area contributed by atoms with Gasteiger partial charge < -0.3 is 0 Å². The third-order valence-corrected chi connectivity index (χ3v) is 4.93. The molecule has 1 aliphatic carbocycles. The van der Waals surface area contributed by atoms with E-state index in [1.165, 1.54) is 18.2 Å². The van der Waals surface area contributed by atoms with Gasteiger partial charge in [-0.1, -0.05) is 43.6 Å². The number of hydrogen-bond acceptors (Lipinski definition) is 3. The molecule has 0 amide bonds. The molecule has 0 saturated heterocycles. The maximum absolute atomic E-state index is 12.4. The van der Waals surface area contributed by atoms with Crippen LogP contribution in [0.5, 0.6) is 0 Å². The maximum Gasteiger partial charge on any atom is 0.282 e. The zero-order chi connectivity index (χ0) is 16.5. The van der Waals surface area contributed by atoms with E-state index in [-0.39, 0.29) is 27.3 Å². The number of nitrogens with zero attached hydrogens (tertiary/aromatic N) is 1. The Morgan fingerprint density at radius 3 is 2.27 bits per heavy atom. The molecule has 1 aromatic rings. The van der Waals surface area contributed by atoms with Gasteiger partial charge in [0.2, 0.25) is 0 Å². The minimum atomic E-state index is -3.88. The number of hydrogen-bond donors (Lipinski definition) is 0. The van der Waals surface area contributed by atoms with E-state index in [1.807, 2.05) is 13.8 Å². The Kier molecular flexibility index (Phi) is 4.68. The van der Waals surface area contributed by atoms with Gasteiger partial charge in [0.15, 0.2) is 5.78 Å². The van der Waals surface area contributed by atoms with Crippen molar-refractivity contribution in [1.29, 1.82) is 0 Å². The Hall–Kier alpha value is -1.72. The van der Waals surface area contributed by atoms with Gasteiger partial charge in [0.1, 0.15) is 0 Å². The minimum Gasteiger partial charge on any atom is -0.290 e. The quantitative estimate of drug-likeness (QED) is 0.793. The summed E-state index contributed by atoms with van der Waals surface area (Å²) in [6, 6.07) is 7.90. The summed E-state index contributed by atoms with van der Waals surface area (Å²) in [6.45, 7) is 5.28. The maximum atomic E-state index is 12.4. The summed E-state index contributed by atoms with van der Waals surface area (Å²) in [4.78, 5) is 12.1. The first kappa shape index (κ1) is 16.6. The molecule has 116 valence electrons. The van der Waals surface area contributed by atoms with Gasteiger partial charge in [0.25, 0.3) is 10.0 Å². The van der Waals surface area contributed by atoms with E-state index in [4.69, 9.17) is 11.6 Å². The molecule has 0 aromatic heterocycles. The van der Waals surface area contributed by atoms with Crippen molar-refractivity contribution in [3.8, 4) is 0 Å². The van der Waals surface area contributed by atoms with Gasteiger partial charge >= 0.3 is 0 Å². The van der Waals surface area contributed by atoms with E-state index in [0.29, 0.717) is 11.1 Å². The molecule has 0 heterocycles. The predicted molar refractivity (Wildman–Crippen MR) is 87.5 cm³/mol. The summed E-state index contributed by atoms with van der Waals surface area (Å²) in [5.74, 6) is -0.317. The highest BCUT2D eigenvalue weighted by Crippen LogP contribution is 2.29. The van der Waals surface area contributed by atoms with Crippen LogP contribution < -0.4 is 0 Å². The molecule has 0 fully saturated rings. The van der Waals surface area contributed by atoms with Gasteiger partial charge in [0, 0.05) is 5.57 Å². The lowest BCUT2D eigenvalue weighted by Crippen LogP contribution is -2.20. The molecule has 0 N–H and O–H groups in total. The number of ketones is 1. The lowest BCUT2D eigenvalue weighted by Gasteiger charge is -2.18. The predicted octanol–water partition coefficient (Wildman–Crippen LogP) is 3.49. The van der Waals surface area contributed by atoms with Gasteiger partial charge in [-0.2, -0.15) is 12.8 Å². The summed E-state index contributed by atoms with van der Waals surface area (Å²) in [5, 5.41) is 0.111. The van der Waals surface area contributed by atoms with Crippen LogP contribution in [-0.4, -0.2) is 19.9 Å². The number of carbonyl (C=O) groups is 1. The van der Waals surface area contributed by atoms with Crippen LogP contribution in [0.4, 0.5) is 0 Å². The fourth-order valence-corrected chi connectivity index (χ4v) is 3.80. The second-order valence-corrected chi connectivity index (χ2v) is 7.28. The highest BCUT2D eigenvalue weighted by molar-refractivity contribution is 7.90. The fourth-order valence-electron chi connectivity index (χ4n) is 2.17. The molecule has 6 heteroatoms. The molecule has 4 nitrogen and oxygen atoms in total. The van der Waals surface area contributed by atoms with Crippen molar-refractivity contribution in [2.45, 2.75) is 25.7 Å². The molecule has 0 unspecified atom stereocenters. The van der Waals surface area contributed by atoms with Crippen LogP contribution in [0.25, 0.3) is 0 Å². The summed E-state index contributed by atoms with van der Waals surface area (Å²) >= 11 is 6.25. The normalized spacial score (nSPS) is 18.1. The van der Waals surface area contributed by atoms with E-state index < -0.39 is 10.0 Å². The molecule has 0 aliphatic heterocycles. The van der Waals surface area contributed by atoms with Crippen LogP contribution >= 0.6 is 11.6 Å². The first-order chi connectivity index (χ1) is 10.2. The summed E-state index contributed by atoms with van der Waals surface area (Å²) in [5.41, 5.74) is 0.960. The van der Waals surface area contributed by atoms with Crippen LogP contribution in [0.1, 0.15) is 20.8 Å². The van der Waals surface area contributed by atoms with Gasteiger partial charge in [-0.3, -0.25) is 4.79 Å². The lowest BCUT2D eigenvalue weighted by molar-refractivity contribution is -0.111. The highest BCUT2D eigenvalue weighted by Gasteiger charge is 2.27. The molecule has 1 aliphatic rings. The van der Waals surface area contributed by atoms with Gasteiger partial charge in [-0.05, 0) is 36.6 Å². The standard InChI is InChI=1S/C16H16ClNO3S/c1-10(2)14-13(19)9-11(3)16(15(14)17)18-22(20,21)12-7-5-4-6-8-12/h4-10H,1-3H3. The van der Waals surface area contributed by atoms with E-state index in [9.17, 15) is 13.2 Å². The summed E-state index contributed by atoms with van der Waals surface area (Å²) in [6.07, 6.45) is 1.38. The molecule has 0 radical (unpaired) electrons. The first-order valence-electron chi connectivity index (χ1n) is 6.77. The average molecular weight is 338 g/mol. The molecular formula is C16H16ClNO3S. The SMILES string of the molecule is CC1=CC(=O)C(C(C)C)=C(Cl)C1=NS(=O)(=O)c1ccccc1. The number of allylic oxidation sites excluding steroid dienone is 4. The molecule has 0 bridgehead atoms. The van der Waals surface area contributed by atoms with Crippen LogP contribution in [0.2, 0.25) is 0 Å². The second kappa shape index (κ2) is 6.18. The van der Waals surface area contributed by atoms with Crippen molar-refractivity contribution >= 4 is 33.1 Å². The molecular weight excluding hydrogens is 322 g/mol. The molecule has 2 rings (SSSR count). The van der Waals surface area contributed by atoms with Crippen LogP contribution in [0.3, 0.4) is 0 Å². The van der Waals surface area contributed by atoms with Gasteiger partial charge in [-0.25, -0.2) is 0 Å². The molecule has 1 aromatic carbocycles. The third kappa shape index (κ3) is 3.20. The fraction of sp³-hybridized carbons (Fsp3) is 0.250.